The summed E-state index contributed by atoms with van der Waals surface area (Å²) in [5.41, 5.74) is -0.358. The van der Waals surface area contributed by atoms with Crippen molar-refractivity contribution in [3.63, 3.8) is 0 Å². The lowest BCUT2D eigenvalue weighted by molar-refractivity contribution is -0.131. The molecule has 0 saturated heterocycles. The summed E-state index contributed by atoms with van der Waals surface area (Å²) in [4.78, 5) is 21.5. The lowest BCUT2D eigenvalue weighted by atomic mass is 10.1. The molecule has 80 valence electrons. The summed E-state index contributed by atoms with van der Waals surface area (Å²) in [5.74, 6) is -3.25. The first-order valence-corrected chi connectivity index (χ1v) is 4.19. The van der Waals surface area contributed by atoms with E-state index in [1.54, 1.807) is 0 Å². The Bertz CT molecular complexity index is 427. The van der Waals surface area contributed by atoms with E-state index < -0.39 is 17.5 Å². The Kier molecular flexibility index (Phi) is 3.16. The molecule has 1 aromatic rings. The number of methoxy groups -OCH3 is 1. The van der Waals surface area contributed by atoms with Gasteiger partial charge in [0.2, 0.25) is 0 Å². The fourth-order valence-corrected chi connectivity index (χ4v) is 1.23. The highest BCUT2D eigenvalue weighted by molar-refractivity contribution is 6.41. The van der Waals surface area contributed by atoms with Gasteiger partial charge in [-0.1, -0.05) is 11.6 Å². The SMILES string of the molecule is COc1cc(C(=O)C(=O)O)c(O)cc1Cl. The Morgan fingerprint density at radius 2 is 2.00 bits per heavy atom. The lowest BCUT2D eigenvalue weighted by Crippen LogP contribution is -2.13. The van der Waals surface area contributed by atoms with E-state index in [-0.39, 0.29) is 16.3 Å². The van der Waals surface area contributed by atoms with E-state index in [1.807, 2.05) is 0 Å². The van der Waals surface area contributed by atoms with Gasteiger partial charge in [0.1, 0.15) is 11.5 Å². The summed E-state index contributed by atoms with van der Waals surface area (Å²) in [7, 11) is 1.31. The van der Waals surface area contributed by atoms with Gasteiger partial charge in [-0.15, -0.1) is 0 Å². The minimum atomic E-state index is -1.66. The number of phenolic OH excluding ortho intramolecular Hbond substituents is 1. The Morgan fingerprint density at radius 3 is 2.47 bits per heavy atom. The second kappa shape index (κ2) is 4.18. The number of halogens is 1. The quantitative estimate of drug-likeness (QED) is 0.604. The zero-order valence-corrected chi connectivity index (χ0v) is 8.41. The average molecular weight is 231 g/mol. The number of Topliss-reactive ketones (excluding diaryl/α,β-unsaturated/α-hetero) is 1. The van der Waals surface area contributed by atoms with Crippen molar-refractivity contribution in [1.29, 1.82) is 0 Å². The van der Waals surface area contributed by atoms with Crippen LogP contribution in [0.5, 0.6) is 11.5 Å². The highest BCUT2D eigenvalue weighted by atomic mass is 35.5. The van der Waals surface area contributed by atoms with Crippen LogP contribution >= 0.6 is 11.6 Å². The van der Waals surface area contributed by atoms with Crippen molar-refractivity contribution in [2.24, 2.45) is 0 Å². The summed E-state index contributed by atoms with van der Waals surface area (Å²) >= 11 is 5.64. The number of ether oxygens (including phenoxy) is 1. The molecule has 0 atom stereocenters. The molecule has 5 nitrogen and oxygen atoms in total. The molecule has 0 aromatic heterocycles. The first-order valence-electron chi connectivity index (χ1n) is 3.81. The van der Waals surface area contributed by atoms with E-state index in [9.17, 15) is 14.7 Å². The molecule has 0 amide bonds. The first-order chi connectivity index (χ1) is 6.97. The predicted octanol–water partition coefficient (Wildman–Crippen LogP) is 1.32. The van der Waals surface area contributed by atoms with Crippen molar-refractivity contribution in [3.8, 4) is 11.5 Å². The van der Waals surface area contributed by atoms with Crippen molar-refractivity contribution < 1.29 is 24.5 Å². The molecule has 0 bridgehead atoms. The second-order valence-corrected chi connectivity index (χ2v) is 3.05. The third-order valence-corrected chi connectivity index (χ3v) is 2.00. The molecule has 15 heavy (non-hydrogen) atoms. The van der Waals surface area contributed by atoms with E-state index in [4.69, 9.17) is 21.4 Å². The molecule has 6 heteroatoms. The van der Waals surface area contributed by atoms with E-state index >= 15 is 0 Å². The number of carboxylic acids is 1. The van der Waals surface area contributed by atoms with Crippen LogP contribution < -0.4 is 4.74 Å². The maximum Gasteiger partial charge on any atom is 0.377 e. The topological polar surface area (TPSA) is 83.8 Å². The monoisotopic (exact) mass is 230 g/mol. The van der Waals surface area contributed by atoms with Crippen LogP contribution in [-0.4, -0.2) is 29.1 Å². The molecule has 0 spiro atoms. The van der Waals surface area contributed by atoms with E-state index in [0.717, 1.165) is 12.1 Å². The Balaban J connectivity index is 3.30. The minimum absolute atomic E-state index is 0.0944. The van der Waals surface area contributed by atoms with Gasteiger partial charge >= 0.3 is 5.97 Å². The van der Waals surface area contributed by atoms with Gasteiger partial charge in [0.15, 0.2) is 0 Å². The van der Waals surface area contributed by atoms with Gasteiger partial charge in [0, 0.05) is 6.07 Å². The van der Waals surface area contributed by atoms with Gasteiger partial charge < -0.3 is 14.9 Å². The highest BCUT2D eigenvalue weighted by Gasteiger charge is 2.20. The molecule has 0 unspecified atom stereocenters. The minimum Gasteiger partial charge on any atom is -0.507 e. The second-order valence-electron chi connectivity index (χ2n) is 2.64. The number of carbonyl (C=O) groups is 2. The van der Waals surface area contributed by atoms with Gasteiger partial charge in [-0.3, -0.25) is 4.79 Å². The van der Waals surface area contributed by atoms with Crippen molar-refractivity contribution >= 4 is 23.4 Å². The number of aromatic hydroxyl groups is 1. The number of benzene rings is 1. The van der Waals surface area contributed by atoms with Crippen molar-refractivity contribution in [2.75, 3.05) is 7.11 Å². The van der Waals surface area contributed by atoms with Crippen LogP contribution in [0.3, 0.4) is 0 Å². The molecule has 0 fully saturated rings. The van der Waals surface area contributed by atoms with Crippen LogP contribution in [0, 0.1) is 0 Å². The molecule has 0 aliphatic heterocycles. The first kappa shape index (κ1) is 11.3. The van der Waals surface area contributed by atoms with Gasteiger partial charge in [0.05, 0.1) is 17.7 Å². The molecule has 0 saturated carbocycles. The largest absolute Gasteiger partial charge is 0.507 e. The normalized spacial score (nSPS) is 9.73. The smallest absolute Gasteiger partial charge is 0.377 e. The van der Waals surface area contributed by atoms with Crippen LogP contribution in [0.4, 0.5) is 0 Å². The standard InChI is InChI=1S/C9H7ClO5/c1-15-7-2-4(8(12)9(13)14)6(11)3-5(7)10/h2-3,11H,1H3,(H,13,14). The van der Waals surface area contributed by atoms with Crippen LogP contribution in [0.15, 0.2) is 12.1 Å². The summed E-state index contributed by atoms with van der Waals surface area (Å²) in [6, 6.07) is 2.13. The maximum atomic E-state index is 11.1. The maximum absolute atomic E-state index is 11.1. The zero-order valence-electron chi connectivity index (χ0n) is 7.65. The molecule has 0 heterocycles. The number of ketones is 1. The summed E-state index contributed by atoms with van der Waals surface area (Å²) in [6.07, 6.45) is 0. The Hall–Kier alpha value is -1.75. The average Bonchev–Trinajstić information content (AvgIpc) is 2.17. The zero-order chi connectivity index (χ0) is 11.6. The van der Waals surface area contributed by atoms with Crippen molar-refractivity contribution in [1.82, 2.24) is 0 Å². The molecular formula is C9H7ClO5. The molecule has 2 N–H and O–H groups in total. The fourth-order valence-electron chi connectivity index (χ4n) is 0.996. The molecule has 1 rings (SSSR count). The van der Waals surface area contributed by atoms with Gasteiger partial charge in [-0.2, -0.15) is 0 Å². The number of carbonyl (C=O) groups excluding carboxylic acids is 1. The number of aliphatic carboxylic acids is 1. The summed E-state index contributed by atoms with van der Waals surface area (Å²) in [5, 5.41) is 17.9. The molecule has 0 aliphatic carbocycles. The number of rotatable bonds is 3. The van der Waals surface area contributed by atoms with Crippen molar-refractivity contribution in [3.05, 3.63) is 22.7 Å². The third-order valence-electron chi connectivity index (χ3n) is 1.71. The number of phenols is 1. The van der Waals surface area contributed by atoms with Crippen LogP contribution in [0.25, 0.3) is 0 Å². The summed E-state index contributed by atoms with van der Waals surface area (Å²) < 4.78 is 4.78. The number of hydrogen-bond acceptors (Lipinski definition) is 4. The fraction of sp³-hybridized carbons (Fsp3) is 0.111. The van der Waals surface area contributed by atoms with Crippen LogP contribution in [0.2, 0.25) is 5.02 Å². The number of carboxylic acid groups (broad SMARTS) is 1. The van der Waals surface area contributed by atoms with E-state index in [1.165, 1.54) is 7.11 Å². The third kappa shape index (κ3) is 2.19. The van der Waals surface area contributed by atoms with Crippen LogP contribution in [-0.2, 0) is 4.79 Å². The Morgan fingerprint density at radius 1 is 1.40 bits per heavy atom. The van der Waals surface area contributed by atoms with Gasteiger partial charge in [0.25, 0.3) is 5.78 Å². The molecule has 1 aromatic carbocycles. The van der Waals surface area contributed by atoms with Crippen molar-refractivity contribution in [2.45, 2.75) is 0 Å². The van der Waals surface area contributed by atoms with E-state index in [0.29, 0.717) is 0 Å². The molecule has 0 aliphatic rings. The highest BCUT2D eigenvalue weighted by Crippen LogP contribution is 2.31. The van der Waals surface area contributed by atoms with Gasteiger partial charge in [-0.25, -0.2) is 4.79 Å². The molecule has 0 radical (unpaired) electrons. The van der Waals surface area contributed by atoms with Gasteiger partial charge in [-0.05, 0) is 6.07 Å². The molecular weight excluding hydrogens is 224 g/mol. The van der Waals surface area contributed by atoms with Crippen LogP contribution in [0.1, 0.15) is 10.4 Å². The Labute approximate surface area is 89.9 Å². The predicted molar refractivity (Wildman–Crippen MR) is 51.6 cm³/mol. The van der Waals surface area contributed by atoms with E-state index in [2.05, 4.69) is 0 Å². The number of hydrogen-bond donors (Lipinski definition) is 2. The lowest BCUT2D eigenvalue weighted by Gasteiger charge is -2.06. The summed E-state index contributed by atoms with van der Waals surface area (Å²) in [6.45, 7) is 0.